The van der Waals surface area contributed by atoms with E-state index < -0.39 is 0 Å². The van der Waals surface area contributed by atoms with Crippen molar-refractivity contribution < 1.29 is 4.42 Å². The van der Waals surface area contributed by atoms with E-state index in [1.165, 1.54) is 21.9 Å². The van der Waals surface area contributed by atoms with Gasteiger partial charge in [-0.15, -0.1) is 0 Å². The lowest BCUT2D eigenvalue weighted by Gasteiger charge is -2.15. The molecule has 0 saturated heterocycles. The summed E-state index contributed by atoms with van der Waals surface area (Å²) in [7, 11) is 0. The second-order valence-corrected chi connectivity index (χ2v) is 16.7. The Bertz CT molecular complexity index is 4010. The molecule has 4 heteroatoms. The fraction of sp³-hybridized carbons (Fsp3) is 0. The van der Waals surface area contributed by atoms with Crippen molar-refractivity contribution in [2.45, 2.75) is 0 Å². The van der Waals surface area contributed by atoms with E-state index in [9.17, 15) is 0 Å². The van der Waals surface area contributed by atoms with Crippen molar-refractivity contribution in [3.05, 3.63) is 224 Å². The first-order chi connectivity index (χ1) is 32.2. The molecule has 0 aliphatic rings. The summed E-state index contributed by atoms with van der Waals surface area (Å²) >= 11 is 0. The Hall–Kier alpha value is -8.73. The van der Waals surface area contributed by atoms with Crippen LogP contribution in [0.3, 0.4) is 0 Å². The molecule has 2 aromatic heterocycles. The van der Waals surface area contributed by atoms with E-state index in [4.69, 9.17) is 19.4 Å². The first-order valence-corrected chi connectivity index (χ1v) is 22.0. The molecule has 0 saturated carbocycles. The SMILES string of the molecule is c1ccc(-c2cccc(-c3cc(-c4ccc(-c5nc(-c6ccc7ccccc7c6)nc(-c6cccc7ccccc67)n5)c5ccccc45)c4c(c3)oc3cc5ccccc5cc34)c2)cc1. The van der Waals surface area contributed by atoms with Gasteiger partial charge in [0, 0.05) is 27.5 Å². The Morgan fingerprint density at radius 2 is 0.800 bits per heavy atom. The third-order valence-corrected chi connectivity index (χ3v) is 12.9. The molecule has 11 aromatic carbocycles. The van der Waals surface area contributed by atoms with Crippen LogP contribution in [0.4, 0.5) is 0 Å². The van der Waals surface area contributed by atoms with E-state index in [-0.39, 0.29) is 0 Å². The summed E-state index contributed by atoms with van der Waals surface area (Å²) in [6, 6.07) is 79.5. The predicted octanol–water partition coefficient (Wildman–Crippen LogP) is 16.4. The van der Waals surface area contributed by atoms with Gasteiger partial charge >= 0.3 is 0 Å². The van der Waals surface area contributed by atoms with Gasteiger partial charge in [-0.2, -0.15) is 0 Å². The zero-order valence-electron chi connectivity index (χ0n) is 35.1. The zero-order valence-corrected chi connectivity index (χ0v) is 35.1. The van der Waals surface area contributed by atoms with Crippen molar-refractivity contribution in [3.8, 4) is 67.5 Å². The maximum atomic E-state index is 6.85. The molecule has 0 unspecified atom stereocenters. The Kier molecular flexibility index (Phi) is 8.50. The molecule has 13 aromatic rings. The fourth-order valence-electron chi connectivity index (χ4n) is 9.70. The summed E-state index contributed by atoms with van der Waals surface area (Å²) in [6.45, 7) is 0. The van der Waals surface area contributed by atoms with Crippen LogP contribution in [0.15, 0.2) is 229 Å². The van der Waals surface area contributed by atoms with E-state index in [0.29, 0.717) is 17.5 Å². The lowest BCUT2D eigenvalue weighted by molar-refractivity contribution is 0.669. The monoisotopic (exact) mass is 827 g/mol. The zero-order chi connectivity index (χ0) is 42.8. The third-order valence-electron chi connectivity index (χ3n) is 12.9. The maximum Gasteiger partial charge on any atom is 0.164 e. The predicted molar refractivity (Wildman–Crippen MR) is 270 cm³/mol. The molecule has 0 atom stereocenters. The van der Waals surface area contributed by atoms with Crippen LogP contribution >= 0.6 is 0 Å². The van der Waals surface area contributed by atoms with Crippen LogP contribution in [-0.2, 0) is 0 Å². The minimum absolute atomic E-state index is 0.616. The third kappa shape index (κ3) is 6.34. The minimum atomic E-state index is 0.616. The van der Waals surface area contributed by atoms with Crippen molar-refractivity contribution >= 4 is 65.0 Å². The second kappa shape index (κ2) is 15.0. The number of rotatable bonds is 6. The van der Waals surface area contributed by atoms with Crippen LogP contribution in [-0.4, -0.2) is 15.0 Å². The number of benzene rings is 11. The molecule has 302 valence electrons. The molecule has 0 radical (unpaired) electrons. The minimum Gasteiger partial charge on any atom is -0.456 e. The summed E-state index contributed by atoms with van der Waals surface area (Å²) in [6.07, 6.45) is 0. The van der Waals surface area contributed by atoms with E-state index in [0.717, 1.165) is 93.2 Å². The van der Waals surface area contributed by atoms with Gasteiger partial charge in [0.05, 0.1) is 0 Å². The van der Waals surface area contributed by atoms with Gasteiger partial charge in [-0.05, 0) is 119 Å². The molecule has 2 heterocycles. The van der Waals surface area contributed by atoms with Crippen molar-refractivity contribution in [1.29, 1.82) is 0 Å². The number of hydrogen-bond acceptors (Lipinski definition) is 4. The average molecular weight is 828 g/mol. The highest BCUT2D eigenvalue weighted by atomic mass is 16.3. The molecule has 0 spiro atoms. The lowest BCUT2D eigenvalue weighted by Crippen LogP contribution is -2.01. The van der Waals surface area contributed by atoms with E-state index in [1.807, 2.05) is 0 Å². The van der Waals surface area contributed by atoms with Gasteiger partial charge in [-0.1, -0.05) is 182 Å². The van der Waals surface area contributed by atoms with Gasteiger partial charge in [0.2, 0.25) is 0 Å². The van der Waals surface area contributed by atoms with Gasteiger partial charge in [-0.3, -0.25) is 0 Å². The van der Waals surface area contributed by atoms with Crippen molar-refractivity contribution in [2.24, 2.45) is 0 Å². The highest BCUT2D eigenvalue weighted by Gasteiger charge is 2.21. The Morgan fingerprint density at radius 1 is 0.246 bits per heavy atom. The normalized spacial score (nSPS) is 11.7. The summed E-state index contributed by atoms with van der Waals surface area (Å²) in [5.74, 6) is 1.87. The molecule has 0 bridgehead atoms. The Morgan fingerprint density at radius 3 is 1.58 bits per heavy atom. The van der Waals surface area contributed by atoms with Crippen LogP contribution < -0.4 is 0 Å². The Labute approximate surface area is 374 Å². The van der Waals surface area contributed by atoms with Gasteiger partial charge in [0.25, 0.3) is 0 Å². The number of fused-ring (bicyclic) bond motifs is 7. The number of hydrogen-bond donors (Lipinski definition) is 0. The number of nitrogens with zero attached hydrogens (tertiary/aromatic N) is 3. The average Bonchev–Trinajstić information content (AvgIpc) is 3.74. The molecule has 0 amide bonds. The smallest absolute Gasteiger partial charge is 0.164 e. The van der Waals surface area contributed by atoms with Gasteiger partial charge in [0.15, 0.2) is 17.5 Å². The van der Waals surface area contributed by atoms with Crippen LogP contribution in [0.5, 0.6) is 0 Å². The highest BCUT2D eigenvalue weighted by Crippen LogP contribution is 2.45. The molecule has 13 rings (SSSR count). The molecule has 4 nitrogen and oxygen atoms in total. The molecule has 0 N–H and O–H groups in total. The molecule has 0 aliphatic heterocycles. The highest BCUT2D eigenvalue weighted by molar-refractivity contribution is 6.19. The topological polar surface area (TPSA) is 51.8 Å². The van der Waals surface area contributed by atoms with Crippen LogP contribution in [0, 0.1) is 0 Å². The first kappa shape index (κ1) is 36.9. The molecular formula is C61H37N3O. The molecule has 65 heavy (non-hydrogen) atoms. The standard InChI is InChI=1S/C61H37N3O/c1-2-14-38(15-3-1)42-22-12-23-43(32-42)47-35-54(58-55-34-44-19-6-7-20-45(44)36-56(55)65-57(58)37-47)51-30-31-53(50-26-11-10-25-49(50)51)61-63-59(46-29-28-39-16-4-5-18-41(39)33-46)62-60(64-61)52-27-13-21-40-17-8-9-24-48(40)52/h1-37H. The quantitative estimate of drug-likeness (QED) is 0.168. The number of furan rings is 1. The van der Waals surface area contributed by atoms with Crippen molar-refractivity contribution in [1.82, 2.24) is 15.0 Å². The van der Waals surface area contributed by atoms with E-state index >= 15 is 0 Å². The van der Waals surface area contributed by atoms with Crippen LogP contribution in [0.1, 0.15) is 0 Å². The van der Waals surface area contributed by atoms with Crippen LogP contribution in [0.25, 0.3) is 133 Å². The molecule has 0 aliphatic carbocycles. The lowest BCUT2D eigenvalue weighted by atomic mass is 9.89. The van der Waals surface area contributed by atoms with E-state index in [1.54, 1.807) is 0 Å². The molecular weight excluding hydrogens is 791 g/mol. The van der Waals surface area contributed by atoms with Gasteiger partial charge in [-0.25, -0.2) is 15.0 Å². The second-order valence-electron chi connectivity index (χ2n) is 16.7. The summed E-state index contributed by atoms with van der Waals surface area (Å²) in [5, 5.41) is 11.2. The van der Waals surface area contributed by atoms with Crippen molar-refractivity contribution in [3.63, 3.8) is 0 Å². The summed E-state index contributed by atoms with van der Waals surface area (Å²) < 4.78 is 6.85. The van der Waals surface area contributed by atoms with Crippen LogP contribution in [0.2, 0.25) is 0 Å². The Balaban J connectivity index is 1.05. The van der Waals surface area contributed by atoms with Gasteiger partial charge in [0.1, 0.15) is 11.2 Å². The van der Waals surface area contributed by atoms with Gasteiger partial charge < -0.3 is 4.42 Å². The van der Waals surface area contributed by atoms with Crippen molar-refractivity contribution in [2.75, 3.05) is 0 Å². The molecule has 0 fully saturated rings. The fourth-order valence-corrected chi connectivity index (χ4v) is 9.70. The maximum absolute atomic E-state index is 6.85. The summed E-state index contributed by atoms with van der Waals surface area (Å²) in [4.78, 5) is 15.8. The largest absolute Gasteiger partial charge is 0.456 e. The first-order valence-electron chi connectivity index (χ1n) is 22.0. The summed E-state index contributed by atoms with van der Waals surface area (Å²) in [5.41, 5.74) is 11.3. The van der Waals surface area contributed by atoms with E-state index in [2.05, 4.69) is 224 Å². The number of aromatic nitrogens is 3.